The van der Waals surface area contributed by atoms with E-state index in [4.69, 9.17) is 11.3 Å². The van der Waals surface area contributed by atoms with E-state index in [2.05, 4.69) is 59.3 Å². The van der Waals surface area contributed by atoms with Gasteiger partial charge in [0.05, 0.1) is 19.0 Å². The van der Waals surface area contributed by atoms with Crippen LogP contribution in [0.2, 0.25) is 0 Å². The van der Waals surface area contributed by atoms with Crippen molar-refractivity contribution < 1.29 is 4.74 Å². The maximum atomic E-state index is 6.93. The van der Waals surface area contributed by atoms with E-state index in [9.17, 15) is 0 Å². The van der Waals surface area contributed by atoms with Crippen LogP contribution in [0.5, 0.6) is 5.75 Å². The standard InChI is InChI=1S/C20H22N8O/c1-21-19-12-23-20(13-22-19)24-18-11-16(25-26-18)15-5-4-14(10-17(15)29-3)28-8-6-27(2)7-9-28/h4-5,10-13H,6-9H2,2-3H3,(H2,23,24,25,26). The molecule has 0 amide bonds. The molecule has 2 N–H and O–H groups in total. The number of piperazine rings is 1. The van der Waals surface area contributed by atoms with E-state index in [1.807, 2.05) is 12.1 Å². The van der Waals surface area contributed by atoms with Gasteiger partial charge in [-0.2, -0.15) is 5.10 Å². The first-order chi connectivity index (χ1) is 14.2. The lowest BCUT2D eigenvalue weighted by Gasteiger charge is -2.34. The zero-order valence-electron chi connectivity index (χ0n) is 16.4. The molecule has 1 saturated heterocycles. The zero-order valence-corrected chi connectivity index (χ0v) is 16.4. The minimum Gasteiger partial charge on any atom is -0.496 e. The Labute approximate surface area is 169 Å². The second-order valence-electron chi connectivity index (χ2n) is 6.84. The summed E-state index contributed by atoms with van der Waals surface area (Å²) < 4.78 is 5.65. The third-order valence-corrected chi connectivity index (χ3v) is 4.93. The van der Waals surface area contributed by atoms with Crippen molar-refractivity contribution in [3.63, 3.8) is 0 Å². The summed E-state index contributed by atoms with van der Waals surface area (Å²) in [5, 5.41) is 10.4. The molecule has 0 bridgehead atoms. The van der Waals surface area contributed by atoms with Gasteiger partial charge in [0.2, 0.25) is 0 Å². The summed E-state index contributed by atoms with van der Waals surface area (Å²) in [6.07, 6.45) is 2.93. The van der Waals surface area contributed by atoms with Gasteiger partial charge in [0.25, 0.3) is 5.82 Å². The molecule has 3 heterocycles. The number of aromatic nitrogens is 4. The van der Waals surface area contributed by atoms with E-state index in [1.54, 1.807) is 7.11 Å². The molecule has 0 unspecified atom stereocenters. The maximum Gasteiger partial charge on any atom is 0.288 e. The van der Waals surface area contributed by atoms with Crippen LogP contribution in [0.15, 0.2) is 36.7 Å². The molecule has 0 atom stereocenters. The Morgan fingerprint density at radius 1 is 1.10 bits per heavy atom. The van der Waals surface area contributed by atoms with Crippen molar-refractivity contribution in [3.05, 3.63) is 48.1 Å². The molecular formula is C20H22N8O. The first-order valence-electron chi connectivity index (χ1n) is 9.30. The molecule has 0 aliphatic carbocycles. The fourth-order valence-electron chi connectivity index (χ4n) is 3.26. The zero-order chi connectivity index (χ0) is 20.2. The average molecular weight is 390 g/mol. The Balaban J connectivity index is 1.52. The Kier molecular flexibility index (Phi) is 5.27. The predicted molar refractivity (Wildman–Crippen MR) is 112 cm³/mol. The number of nitrogens with zero attached hydrogens (tertiary/aromatic N) is 6. The molecule has 0 saturated carbocycles. The fraction of sp³-hybridized carbons (Fsp3) is 0.300. The molecule has 4 rings (SSSR count). The van der Waals surface area contributed by atoms with Gasteiger partial charge < -0.3 is 24.7 Å². The van der Waals surface area contributed by atoms with Crippen LogP contribution < -0.4 is 15.0 Å². The SMILES string of the molecule is [C-]#[N+]c1cnc(Nc2cc(-c3ccc(N4CCN(C)CC4)cc3OC)[nH]n2)cn1. The second kappa shape index (κ2) is 8.16. The molecule has 9 heteroatoms. The van der Waals surface area contributed by atoms with Gasteiger partial charge in [-0.3, -0.25) is 5.10 Å². The molecule has 2 aromatic heterocycles. The summed E-state index contributed by atoms with van der Waals surface area (Å²) in [6.45, 7) is 11.0. The normalized spacial score (nSPS) is 14.4. The van der Waals surface area contributed by atoms with E-state index < -0.39 is 0 Å². The molecule has 1 aromatic carbocycles. The highest BCUT2D eigenvalue weighted by molar-refractivity contribution is 5.73. The molecule has 0 radical (unpaired) electrons. The monoisotopic (exact) mass is 390 g/mol. The fourth-order valence-corrected chi connectivity index (χ4v) is 3.26. The molecule has 1 fully saturated rings. The van der Waals surface area contributed by atoms with Gasteiger partial charge >= 0.3 is 0 Å². The van der Waals surface area contributed by atoms with Crippen LogP contribution in [0.25, 0.3) is 16.1 Å². The van der Waals surface area contributed by atoms with Crippen LogP contribution in [0.1, 0.15) is 0 Å². The number of aromatic amines is 1. The first kappa shape index (κ1) is 18.7. The molecule has 1 aliphatic heterocycles. The number of rotatable bonds is 5. The lowest BCUT2D eigenvalue weighted by molar-refractivity contribution is 0.312. The number of methoxy groups -OCH3 is 1. The van der Waals surface area contributed by atoms with Gasteiger partial charge in [-0.25, -0.2) is 4.98 Å². The highest BCUT2D eigenvalue weighted by Gasteiger charge is 2.17. The highest BCUT2D eigenvalue weighted by Crippen LogP contribution is 2.34. The molecular weight excluding hydrogens is 368 g/mol. The smallest absolute Gasteiger partial charge is 0.288 e. The minimum atomic E-state index is 0.253. The van der Waals surface area contributed by atoms with E-state index in [-0.39, 0.29) is 5.82 Å². The largest absolute Gasteiger partial charge is 0.496 e. The van der Waals surface area contributed by atoms with E-state index in [0.29, 0.717) is 11.6 Å². The van der Waals surface area contributed by atoms with Crippen molar-refractivity contribution >= 4 is 23.1 Å². The number of likely N-dealkylation sites (N-methyl/N-ethyl adjacent to an activating group) is 1. The molecule has 29 heavy (non-hydrogen) atoms. The minimum absolute atomic E-state index is 0.253. The summed E-state index contributed by atoms with van der Waals surface area (Å²) >= 11 is 0. The first-order valence-corrected chi connectivity index (χ1v) is 9.30. The Morgan fingerprint density at radius 3 is 2.62 bits per heavy atom. The topological polar surface area (TPSA) is 86.6 Å². The number of H-pyrrole nitrogens is 1. The maximum absolute atomic E-state index is 6.93. The Hall–Kier alpha value is -3.64. The van der Waals surface area contributed by atoms with Crippen LogP contribution >= 0.6 is 0 Å². The molecule has 1 aliphatic rings. The number of benzene rings is 1. The van der Waals surface area contributed by atoms with Gasteiger partial charge in [0.15, 0.2) is 17.8 Å². The Bertz CT molecular complexity index is 1020. The van der Waals surface area contributed by atoms with E-state index in [0.717, 1.165) is 48.9 Å². The van der Waals surface area contributed by atoms with Crippen LogP contribution in [0.4, 0.5) is 23.1 Å². The van der Waals surface area contributed by atoms with Crippen molar-refractivity contribution in [1.29, 1.82) is 0 Å². The van der Waals surface area contributed by atoms with Crippen LogP contribution in [0.3, 0.4) is 0 Å². The van der Waals surface area contributed by atoms with Crippen molar-refractivity contribution in [1.82, 2.24) is 25.1 Å². The van der Waals surface area contributed by atoms with E-state index in [1.165, 1.54) is 12.4 Å². The summed E-state index contributed by atoms with van der Waals surface area (Å²) in [5.74, 6) is 2.17. The van der Waals surface area contributed by atoms with Crippen molar-refractivity contribution in [3.8, 4) is 17.0 Å². The quantitative estimate of drug-likeness (QED) is 0.648. The number of hydrogen-bond donors (Lipinski definition) is 2. The summed E-state index contributed by atoms with van der Waals surface area (Å²) in [5.41, 5.74) is 2.92. The number of hydrogen-bond acceptors (Lipinski definition) is 7. The molecule has 0 spiro atoms. The van der Waals surface area contributed by atoms with Crippen molar-refractivity contribution in [2.75, 3.05) is 50.6 Å². The molecule has 9 nitrogen and oxygen atoms in total. The number of ether oxygens (including phenoxy) is 1. The number of nitrogens with one attached hydrogen (secondary N) is 2. The Morgan fingerprint density at radius 2 is 1.93 bits per heavy atom. The van der Waals surface area contributed by atoms with Crippen molar-refractivity contribution in [2.24, 2.45) is 0 Å². The summed E-state index contributed by atoms with van der Waals surface area (Å²) in [7, 11) is 3.83. The van der Waals surface area contributed by atoms with Gasteiger partial charge in [-0.1, -0.05) is 6.57 Å². The second-order valence-corrected chi connectivity index (χ2v) is 6.84. The lowest BCUT2D eigenvalue weighted by Crippen LogP contribution is -2.44. The van der Waals surface area contributed by atoms with Crippen LogP contribution in [-0.2, 0) is 0 Å². The van der Waals surface area contributed by atoms with Gasteiger partial charge in [-0.15, -0.1) is 4.98 Å². The summed E-state index contributed by atoms with van der Waals surface area (Å²) in [6, 6.07) is 8.13. The van der Waals surface area contributed by atoms with Gasteiger partial charge in [0.1, 0.15) is 5.75 Å². The predicted octanol–water partition coefficient (Wildman–Crippen LogP) is 2.92. The third-order valence-electron chi connectivity index (χ3n) is 4.93. The number of anilines is 3. The molecule has 3 aromatic rings. The highest BCUT2D eigenvalue weighted by atomic mass is 16.5. The average Bonchev–Trinajstić information content (AvgIpc) is 3.22. The lowest BCUT2D eigenvalue weighted by atomic mass is 10.1. The summed E-state index contributed by atoms with van der Waals surface area (Å²) in [4.78, 5) is 16.1. The molecule has 148 valence electrons. The van der Waals surface area contributed by atoms with Crippen molar-refractivity contribution in [2.45, 2.75) is 0 Å². The van der Waals surface area contributed by atoms with Crippen LogP contribution in [0, 0.1) is 6.57 Å². The van der Waals surface area contributed by atoms with Gasteiger partial charge in [0, 0.05) is 49.6 Å². The third kappa shape index (κ3) is 4.12. The van der Waals surface area contributed by atoms with Gasteiger partial charge in [-0.05, 0) is 19.2 Å². The van der Waals surface area contributed by atoms with Crippen LogP contribution in [-0.4, -0.2) is 65.4 Å². The van der Waals surface area contributed by atoms with E-state index >= 15 is 0 Å².